The molecule has 25 heavy (non-hydrogen) atoms. The Labute approximate surface area is 163 Å². The Hall–Kier alpha value is -1.92. The summed E-state index contributed by atoms with van der Waals surface area (Å²) in [7, 11) is 0. The number of carbonyl (C=O) groups excluding carboxylic acids is 1. The van der Waals surface area contributed by atoms with E-state index < -0.39 is 0 Å². The maximum atomic E-state index is 11.9. The number of hydrogen-bond donors (Lipinski definition) is 0. The SMILES string of the molecule is CCOC(=O)Cn1nc(-c2ccc(Br)cc2)cc1-c1ccc(Br)cc1. The maximum absolute atomic E-state index is 11.9. The molecule has 0 fully saturated rings. The number of ether oxygens (including phenoxy) is 1. The van der Waals surface area contributed by atoms with Gasteiger partial charge in [0.1, 0.15) is 6.54 Å². The van der Waals surface area contributed by atoms with Crippen LogP contribution in [0, 0.1) is 0 Å². The first-order valence-corrected chi connectivity index (χ1v) is 9.41. The standard InChI is InChI=1S/C19H16Br2N2O2/c1-2-25-19(24)12-23-18(14-5-9-16(21)10-6-14)11-17(22-23)13-3-7-15(20)8-4-13/h3-11H,2,12H2,1H3. The van der Waals surface area contributed by atoms with Crippen molar-refractivity contribution in [3.8, 4) is 22.5 Å². The lowest BCUT2D eigenvalue weighted by Gasteiger charge is -2.07. The van der Waals surface area contributed by atoms with Gasteiger partial charge in [-0.1, -0.05) is 56.1 Å². The predicted molar refractivity (Wildman–Crippen MR) is 105 cm³/mol. The molecule has 0 aliphatic rings. The normalized spacial score (nSPS) is 10.7. The number of nitrogens with zero attached hydrogens (tertiary/aromatic N) is 2. The molecule has 0 spiro atoms. The van der Waals surface area contributed by atoms with Crippen molar-refractivity contribution in [1.29, 1.82) is 0 Å². The number of halogens is 2. The fourth-order valence-corrected chi connectivity index (χ4v) is 3.01. The van der Waals surface area contributed by atoms with E-state index in [9.17, 15) is 4.79 Å². The molecule has 0 radical (unpaired) electrons. The molecule has 2 aromatic carbocycles. The summed E-state index contributed by atoms with van der Waals surface area (Å²) in [6, 6.07) is 17.8. The molecule has 0 unspecified atom stereocenters. The lowest BCUT2D eigenvalue weighted by molar-refractivity contribution is -0.144. The highest BCUT2D eigenvalue weighted by Crippen LogP contribution is 2.28. The summed E-state index contributed by atoms with van der Waals surface area (Å²) in [5.41, 5.74) is 3.67. The van der Waals surface area contributed by atoms with Gasteiger partial charge in [-0.3, -0.25) is 9.48 Å². The van der Waals surface area contributed by atoms with Gasteiger partial charge in [0.25, 0.3) is 0 Å². The van der Waals surface area contributed by atoms with Crippen molar-refractivity contribution < 1.29 is 9.53 Å². The van der Waals surface area contributed by atoms with Gasteiger partial charge in [0, 0.05) is 14.5 Å². The van der Waals surface area contributed by atoms with Crippen LogP contribution in [0.1, 0.15) is 6.92 Å². The van der Waals surface area contributed by atoms with E-state index in [1.165, 1.54) is 0 Å². The van der Waals surface area contributed by atoms with Crippen molar-refractivity contribution in [3.63, 3.8) is 0 Å². The first-order valence-electron chi connectivity index (χ1n) is 7.82. The summed E-state index contributed by atoms with van der Waals surface area (Å²) in [6.45, 7) is 2.23. The first kappa shape index (κ1) is 17.9. The largest absolute Gasteiger partial charge is 0.465 e. The van der Waals surface area contributed by atoms with Gasteiger partial charge in [-0.05, 0) is 42.8 Å². The predicted octanol–water partition coefficient (Wildman–Crippen LogP) is 5.31. The van der Waals surface area contributed by atoms with E-state index in [0.717, 1.165) is 31.5 Å². The van der Waals surface area contributed by atoms with Crippen molar-refractivity contribution in [2.75, 3.05) is 6.61 Å². The van der Waals surface area contributed by atoms with Gasteiger partial charge in [0.05, 0.1) is 18.0 Å². The summed E-state index contributed by atoms with van der Waals surface area (Å²) in [6.07, 6.45) is 0. The fraction of sp³-hybridized carbons (Fsp3) is 0.158. The van der Waals surface area contributed by atoms with Crippen LogP contribution in [0.2, 0.25) is 0 Å². The van der Waals surface area contributed by atoms with E-state index in [1.807, 2.05) is 54.6 Å². The zero-order valence-corrected chi connectivity index (χ0v) is 16.7. The average molecular weight is 464 g/mol. The number of benzene rings is 2. The molecule has 0 N–H and O–H groups in total. The van der Waals surface area contributed by atoms with Crippen LogP contribution in [-0.4, -0.2) is 22.4 Å². The highest BCUT2D eigenvalue weighted by Gasteiger charge is 2.14. The highest BCUT2D eigenvalue weighted by molar-refractivity contribution is 9.10. The van der Waals surface area contributed by atoms with Crippen LogP contribution in [0.15, 0.2) is 63.5 Å². The average Bonchev–Trinajstić information content (AvgIpc) is 3.00. The second kappa shape index (κ2) is 7.97. The molecule has 0 atom stereocenters. The molecule has 6 heteroatoms. The maximum Gasteiger partial charge on any atom is 0.327 e. The summed E-state index contributed by atoms with van der Waals surface area (Å²) in [5.74, 6) is -0.300. The minimum absolute atomic E-state index is 0.0791. The van der Waals surface area contributed by atoms with Crippen LogP contribution < -0.4 is 0 Å². The molecule has 0 saturated carbocycles. The third kappa shape index (κ3) is 4.38. The molecule has 0 amide bonds. The van der Waals surface area contributed by atoms with Crippen LogP contribution in [-0.2, 0) is 16.1 Å². The second-order valence-electron chi connectivity index (χ2n) is 5.39. The number of aromatic nitrogens is 2. The van der Waals surface area contributed by atoms with E-state index in [2.05, 4.69) is 37.0 Å². The van der Waals surface area contributed by atoms with E-state index >= 15 is 0 Å². The molecule has 3 aromatic rings. The van der Waals surface area contributed by atoms with E-state index in [1.54, 1.807) is 11.6 Å². The van der Waals surface area contributed by atoms with Crippen LogP contribution in [0.4, 0.5) is 0 Å². The molecule has 0 saturated heterocycles. The van der Waals surface area contributed by atoms with E-state index in [0.29, 0.717) is 6.61 Å². The molecule has 128 valence electrons. The summed E-state index contributed by atoms with van der Waals surface area (Å²) < 4.78 is 8.78. The monoisotopic (exact) mass is 462 g/mol. The van der Waals surface area contributed by atoms with Gasteiger partial charge in [0.2, 0.25) is 0 Å². The number of hydrogen-bond acceptors (Lipinski definition) is 3. The first-order chi connectivity index (χ1) is 12.1. The van der Waals surface area contributed by atoms with Crippen LogP contribution in [0.25, 0.3) is 22.5 Å². The van der Waals surface area contributed by atoms with Crippen molar-refractivity contribution >= 4 is 37.8 Å². The third-order valence-corrected chi connectivity index (χ3v) is 4.70. The number of carbonyl (C=O) groups is 1. The zero-order chi connectivity index (χ0) is 17.8. The molecular weight excluding hydrogens is 448 g/mol. The Bertz CT molecular complexity index is 871. The van der Waals surface area contributed by atoms with Crippen LogP contribution in [0.3, 0.4) is 0 Å². The lowest BCUT2D eigenvalue weighted by Crippen LogP contribution is -2.15. The van der Waals surface area contributed by atoms with Crippen molar-refractivity contribution in [2.24, 2.45) is 0 Å². The summed E-state index contributed by atoms with van der Waals surface area (Å²) in [4.78, 5) is 11.9. The molecule has 0 bridgehead atoms. The van der Waals surface area contributed by atoms with Gasteiger partial charge >= 0.3 is 5.97 Å². The fourth-order valence-electron chi connectivity index (χ4n) is 2.48. The molecular formula is C19H16Br2N2O2. The van der Waals surface area contributed by atoms with Crippen LogP contribution in [0.5, 0.6) is 0 Å². The number of esters is 1. The van der Waals surface area contributed by atoms with Crippen LogP contribution >= 0.6 is 31.9 Å². The molecule has 1 aromatic heterocycles. The quantitative estimate of drug-likeness (QED) is 0.482. The molecule has 4 nitrogen and oxygen atoms in total. The van der Waals surface area contributed by atoms with Crippen molar-refractivity contribution in [2.45, 2.75) is 13.5 Å². The van der Waals surface area contributed by atoms with Gasteiger partial charge in [0.15, 0.2) is 0 Å². The lowest BCUT2D eigenvalue weighted by atomic mass is 10.1. The highest BCUT2D eigenvalue weighted by atomic mass is 79.9. The minimum Gasteiger partial charge on any atom is -0.465 e. The molecule has 3 rings (SSSR count). The van der Waals surface area contributed by atoms with Gasteiger partial charge in [-0.25, -0.2) is 0 Å². The van der Waals surface area contributed by atoms with E-state index in [4.69, 9.17) is 4.74 Å². The van der Waals surface area contributed by atoms with Crippen molar-refractivity contribution in [3.05, 3.63) is 63.5 Å². The topological polar surface area (TPSA) is 44.1 Å². The smallest absolute Gasteiger partial charge is 0.327 e. The second-order valence-corrected chi connectivity index (χ2v) is 7.22. The Morgan fingerprint density at radius 3 is 2.12 bits per heavy atom. The summed E-state index contributed by atoms with van der Waals surface area (Å²) in [5, 5.41) is 4.62. The van der Waals surface area contributed by atoms with E-state index in [-0.39, 0.29) is 12.5 Å². The van der Waals surface area contributed by atoms with Gasteiger partial charge in [-0.15, -0.1) is 0 Å². The number of rotatable bonds is 5. The zero-order valence-electron chi connectivity index (χ0n) is 13.6. The van der Waals surface area contributed by atoms with Crippen molar-refractivity contribution in [1.82, 2.24) is 9.78 Å². The molecule has 1 heterocycles. The third-order valence-electron chi connectivity index (χ3n) is 3.64. The summed E-state index contributed by atoms with van der Waals surface area (Å²) >= 11 is 6.88. The minimum atomic E-state index is -0.300. The Balaban J connectivity index is 2.02. The Morgan fingerprint density at radius 1 is 1.00 bits per heavy atom. The van der Waals surface area contributed by atoms with Gasteiger partial charge < -0.3 is 4.74 Å². The molecule has 0 aliphatic heterocycles. The molecule has 0 aliphatic carbocycles. The van der Waals surface area contributed by atoms with Gasteiger partial charge in [-0.2, -0.15) is 5.10 Å². The Morgan fingerprint density at radius 2 is 1.56 bits per heavy atom. The Kier molecular flexibility index (Phi) is 5.71.